The predicted molar refractivity (Wildman–Crippen MR) is 133 cm³/mol. The highest BCUT2D eigenvalue weighted by molar-refractivity contribution is 6.31. The van der Waals surface area contributed by atoms with E-state index in [1.54, 1.807) is 0 Å². The molecule has 186 valence electrons. The van der Waals surface area contributed by atoms with Gasteiger partial charge in [-0.05, 0) is 35.4 Å². The molecule has 3 aromatic rings. The van der Waals surface area contributed by atoms with Gasteiger partial charge in [0.2, 0.25) is 0 Å². The van der Waals surface area contributed by atoms with E-state index >= 15 is 0 Å². The van der Waals surface area contributed by atoms with Crippen molar-refractivity contribution in [1.82, 2.24) is 0 Å². The Morgan fingerprint density at radius 1 is 0.472 bits per heavy atom. The number of rotatable bonds is 6. The molecule has 0 radical (unpaired) electrons. The van der Waals surface area contributed by atoms with Crippen molar-refractivity contribution in [1.29, 1.82) is 0 Å². The van der Waals surface area contributed by atoms with Crippen LogP contribution in [0.25, 0.3) is 22.3 Å². The molecule has 0 amide bonds. The summed E-state index contributed by atoms with van der Waals surface area (Å²) in [7, 11) is 4.46. The van der Waals surface area contributed by atoms with E-state index < -0.39 is 23.9 Å². The molecule has 0 atom stereocenters. The largest absolute Gasteiger partial charge is 0.465 e. The van der Waals surface area contributed by atoms with Crippen LogP contribution < -0.4 is 0 Å². The van der Waals surface area contributed by atoms with Gasteiger partial charge in [0.05, 0.1) is 50.7 Å². The van der Waals surface area contributed by atoms with E-state index in [9.17, 15) is 19.2 Å². The van der Waals surface area contributed by atoms with Gasteiger partial charge in [0.1, 0.15) is 0 Å². The minimum absolute atomic E-state index is 0.0936. The van der Waals surface area contributed by atoms with E-state index in [0.717, 1.165) is 28.4 Å². The van der Waals surface area contributed by atoms with Crippen LogP contribution in [0.4, 0.5) is 0 Å². The SMILES string of the molecule is COC(=O)c1c(C(=O)OC)c(-c2ccc(Cl)cc2)c(C(=O)OC)c(C(=O)OC)c1-c1ccc(Cl)cc1. The summed E-state index contributed by atoms with van der Waals surface area (Å²) in [6.07, 6.45) is 0. The Kier molecular flexibility index (Phi) is 8.34. The van der Waals surface area contributed by atoms with Gasteiger partial charge in [-0.25, -0.2) is 19.2 Å². The number of halogens is 2. The third-order valence-corrected chi connectivity index (χ3v) is 5.83. The van der Waals surface area contributed by atoms with Crippen LogP contribution in [0.5, 0.6) is 0 Å². The highest BCUT2D eigenvalue weighted by Gasteiger charge is 2.38. The third-order valence-electron chi connectivity index (χ3n) is 5.32. The zero-order valence-electron chi connectivity index (χ0n) is 19.6. The van der Waals surface area contributed by atoms with Crippen molar-refractivity contribution >= 4 is 47.1 Å². The normalized spacial score (nSPS) is 10.4. The highest BCUT2D eigenvalue weighted by Crippen LogP contribution is 2.42. The maximum Gasteiger partial charge on any atom is 0.339 e. The lowest BCUT2D eigenvalue weighted by Crippen LogP contribution is -2.23. The lowest BCUT2D eigenvalue weighted by molar-refractivity contribution is 0.0542. The van der Waals surface area contributed by atoms with Gasteiger partial charge in [-0.3, -0.25) is 0 Å². The molecule has 0 spiro atoms. The van der Waals surface area contributed by atoms with Crippen LogP contribution >= 0.6 is 23.2 Å². The summed E-state index contributed by atoms with van der Waals surface area (Å²) >= 11 is 12.1. The summed E-state index contributed by atoms with van der Waals surface area (Å²) in [5.74, 6) is -3.84. The Balaban J connectivity index is 2.75. The molecule has 0 bridgehead atoms. The van der Waals surface area contributed by atoms with Crippen molar-refractivity contribution in [2.45, 2.75) is 0 Å². The topological polar surface area (TPSA) is 105 Å². The number of ether oxygens (including phenoxy) is 4. The maximum absolute atomic E-state index is 13.2. The van der Waals surface area contributed by atoms with E-state index in [-0.39, 0.29) is 44.5 Å². The third kappa shape index (κ3) is 4.91. The fourth-order valence-corrected chi connectivity index (χ4v) is 4.04. The molecule has 3 aromatic carbocycles. The Morgan fingerprint density at radius 2 is 0.694 bits per heavy atom. The standard InChI is InChI=1S/C26H20Cl2O8/c1-33-23(29)19-17(13-5-9-15(27)10-6-13)21(25(31)35-3)22(26(32)36-4)18(20(19)24(30)34-2)14-7-11-16(28)12-8-14/h5-12H,1-4H3. The first-order chi connectivity index (χ1) is 17.2. The molecule has 0 saturated heterocycles. The molecule has 0 aromatic heterocycles. The fraction of sp³-hybridized carbons (Fsp3) is 0.154. The first kappa shape index (κ1) is 26.7. The Hall–Kier alpha value is -3.88. The van der Waals surface area contributed by atoms with Gasteiger partial charge < -0.3 is 18.9 Å². The van der Waals surface area contributed by atoms with Crippen LogP contribution in [-0.2, 0) is 18.9 Å². The lowest BCUT2D eigenvalue weighted by Gasteiger charge is -2.23. The number of benzene rings is 3. The Labute approximate surface area is 216 Å². The minimum Gasteiger partial charge on any atom is -0.465 e. The van der Waals surface area contributed by atoms with Crippen molar-refractivity contribution in [2.24, 2.45) is 0 Å². The maximum atomic E-state index is 13.2. The average Bonchev–Trinajstić information content (AvgIpc) is 2.90. The van der Waals surface area contributed by atoms with E-state index in [1.807, 2.05) is 0 Å². The fourth-order valence-electron chi connectivity index (χ4n) is 3.79. The molecular weight excluding hydrogens is 511 g/mol. The number of methoxy groups -OCH3 is 4. The number of carbonyl (C=O) groups excluding carboxylic acids is 4. The molecule has 8 nitrogen and oxygen atoms in total. The van der Waals surface area contributed by atoms with Crippen LogP contribution in [0, 0.1) is 0 Å². The van der Waals surface area contributed by atoms with Gasteiger partial charge in [-0.2, -0.15) is 0 Å². The van der Waals surface area contributed by atoms with Gasteiger partial charge in [-0.1, -0.05) is 47.5 Å². The summed E-state index contributed by atoms with van der Waals surface area (Å²) < 4.78 is 20.0. The molecule has 3 rings (SSSR count). The molecule has 0 aliphatic carbocycles. The second-order valence-electron chi connectivity index (χ2n) is 7.23. The molecule has 0 unspecified atom stereocenters. The first-order valence-electron chi connectivity index (χ1n) is 10.3. The van der Waals surface area contributed by atoms with Crippen molar-refractivity contribution < 1.29 is 38.1 Å². The lowest BCUT2D eigenvalue weighted by atomic mass is 9.81. The quantitative estimate of drug-likeness (QED) is 0.305. The summed E-state index contributed by atoms with van der Waals surface area (Å²) in [4.78, 5) is 52.9. The van der Waals surface area contributed by atoms with Gasteiger partial charge in [0.15, 0.2) is 0 Å². The second kappa shape index (κ2) is 11.2. The average molecular weight is 531 g/mol. The van der Waals surface area contributed by atoms with Gasteiger partial charge in [-0.15, -0.1) is 0 Å². The van der Waals surface area contributed by atoms with Crippen LogP contribution in [-0.4, -0.2) is 52.3 Å². The van der Waals surface area contributed by atoms with Crippen LogP contribution in [0.3, 0.4) is 0 Å². The number of esters is 4. The Morgan fingerprint density at radius 3 is 0.889 bits per heavy atom. The van der Waals surface area contributed by atoms with Gasteiger partial charge in [0.25, 0.3) is 0 Å². The van der Waals surface area contributed by atoms with Crippen molar-refractivity contribution in [3.63, 3.8) is 0 Å². The molecule has 36 heavy (non-hydrogen) atoms. The monoisotopic (exact) mass is 530 g/mol. The number of hydrogen-bond donors (Lipinski definition) is 0. The molecule has 0 saturated carbocycles. The molecule has 0 aliphatic heterocycles. The van der Waals surface area contributed by atoms with E-state index in [2.05, 4.69) is 0 Å². The van der Waals surface area contributed by atoms with Crippen LogP contribution in [0.15, 0.2) is 48.5 Å². The van der Waals surface area contributed by atoms with E-state index in [0.29, 0.717) is 10.0 Å². The van der Waals surface area contributed by atoms with E-state index in [1.165, 1.54) is 48.5 Å². The van der Waals surface area contributed by atoms with Crippen LogP contribution in [0.1, 0.15) is 41.4 Å². The van der Waals surface area contributed by atoms with E-state index in [4.69, 9.17) is 42.1 Å². The predicted octanol–water partition coefficient (Wildman–Crippen LogP) is 5.47. The molecule has 10 heteroatoms. The van der Waals surface area contributed by atoms with Crippen LogP contribution in [0.2, 0.25) is 10.0 Å². The molecule has 0 heterocycles. The van der Waals surface area contributed by atoms with Gasteiger partial charge >= 0.3 is 23.9 Å². The zero-order valence-corrected chi connectivity index (χ0v) is 21.2. The zero-order chi connectivity index (χ0) is 26.6. The van der Waals surface area contributed by atoms with Crippen molar-refractivity contribution in [3.05, 3.63) is 80.8 Å². The summed E-state index contributed by atoms with van der Waals surface area (Å²) in [6, 6.07) is 12.1. The highest BCUT2D eigenvalue weighted by atomic mass is 35.5. The molecular formula is C26H20Cl2O8. The summed E-state index contributed by atoms with van der Waals surface area (Å²) in [5.41, 5.74) is -0.896. The van der Waals surface area contributed by atoms with Gasteiger partial charge in [0, 0.05) is 21.2 Å². The smallest absolute Gasteiger partial charge is 0.339 e. The molecule has 0 aliphatic rings. The number of carbonyl (C=O) groups is 4. The van der Waals surface area contributed by atoms with Crippen molar-refractivity contribution in [2.75, 3.05) is 28.4 Å². The van der Waals surface area contributed by atoms with Crippen molar-refractivity contribution in [3.8, 4) is 22.3 Å². The molecule has 0 N–H and O–H groups in total. The minimum atomic E-state index is -0.961. The second-order valence-corrected chi connectivity index (χ2v) is 8.10. The summed E-state index contributed by atoms with van der Waals surface area (Å²) in [6.45, 7) is 0. The first-order valence-corrected chi connectivity index (χ1v) is 11.0. The molecule has 0 fully saturated rings. The number of hydrogen-bond acceptors (Lipinski definition) is 8. The Bertz CT molecular complexity index is 1180. The summed E-state index contributed by atoms with van der Waals surface area (Å²) in [5, 5.41) is 0.745.